The highest BCUT2D eigenvalue weighted by Crippen LogP contribution is 2.22. The maximum Gasteiger partial charge on any atom is 0.269 e. The van der Waals surface area contributed by atoms with Gasteiger partial charge in [-0.05, 0) is 18.2 Å². The molecule has 0 aliphatic rings. The first kappa shape index (κ1) is 17.5. The molecule has 2 heterocycles. The lowest BCUT2D eigenvalue weighted by molar-refractivity contribution is 0.0942. The molecule has 1 amide bonds. The average molecular weight is 374 g/mol. The lowest BCUT2D eigenvalue weighted by Crippen LogP contribution is -2.22. The zero-order chi connectivity index (χ0) is 19.3. The molecule has 4 aromatic rings. The van der Waals surface area contributed by atoms with Crippen molar-refractivity contribution in [2.24, 2.45) is 0 Å². The quantitative estimate of drug-likeness (QED) is 0.537. The Morgan fingerprint density at radius 2 is 1.86 bits per heavy atom. The van der Waals surface area contributed by atoms with Crippen LogP contribution in [0.1, 0.15) is 16.2 Å². The summed E-state index contributed by atoms with van der Waals surface area (Å²) >= 11 is 0. The number of carbonyl (C=O) groups is 1. The first-order valence-corrected chi connectivity index (χ1v) is 8.72. The number of aromatic nitrogens is 3. The van der Waals surface area contributed by atoms with Crippen LogP contribution in [0.25, 0.3) is 22.5 Å². The normalized spacial score (nSPS) is 10.6. The van der Waals surface area contributed by atoms with Gasteiger partial charge in [0.2, 0.25) is 0 Å². The lowest BCUT2D eigenvalue weighted by atomic mass is 10.1. The monoisotopic (exact) mass is 374 g/mol. The van der Waals surface area contributed by atoms with E-state index < -0.39 is 0 Å². The second kappa shape index (κ2) is 7.79. The molecular formula is C21H18N4O3. The number of nitrogens with zero attached hydrogens (tertiary/aromatic N) is 2. The summed E-state index contributed by atoms with van der Waals surface area (Å²) in [7, 11) is 1.61. The summed E-state index contributed by atoms with van der Waals surface area (Å²) in [5.74, 6) is 1.02. The Hall–Kier alpha value is -3.87. The van der Waals surface area contributed by atoms with Crippen LogP contribution >= 0.6 is 0 Å². The minimum atomic E-state index is -0.278. The van der Waals surface area contributed by atoms with Gasteiger partial charge < -0.3 is 14.6 Å². The Kier molecular flexibility index (Phi) is 4.88. The smallest absolute Gasteiger partial charge is 0.269 e. The van der Waals surface area contributed by atoms with Crippen molar-refractivity contribution in [2.45, 2.75) is 6.54 Å². The number of H-pyrrole nitrogens is 1. The zero-order valence-electron chi connectivity index (χ0n) is 15.2. The Morgan fingerprint density at radius 1 is 1.04 bits per heavy atom. The predicted octanol–water partition coefficient (Wildman–Crippen LogP) is 3.67. The minimum Gasteiger partial charge on any atom is -0.497 e. The molecule has 0 radical (unpaired) electrons. The molecule has 4 rings (SSSR count). The van der Waals surface area contributed by atoms with Crippen molar-refractivity contribution >= 4 is 5.91 Å². The standard InChI is InChI=1S/C21H18N4O3/c1-27-16-9-5-8-15(10-16)18-12-20(24-23-18)21(26)22-13-17-11-19(25-28-17)14-6-3-2-4-7-14/h2-12H,13H2,1H3,(H,22,26)(H,23,24). The summed E-state index contributed by atoms with van der Waals surface area (Å²) in [6.45, 7) is 0.228. The second-order valence-corrected chi connectivity index (χ2v) is 6.13. The second-order valence-electron chi connectivity index (χ2n) is 6.13. The molecule has 2 aromatic heterocycles. The number of methoxy groups -OCH3 is 1. The number of aromatic amines is 1. The van der Waals surface area contributed by atoms with E-state index in [4.69, 9.17) is 9.26 Å². The van der Waals surface area contributed by atoms with E-state index in [-0.39, 0.29) is 12.5 Å². The van der Waals surface area contributed by atoms with E-state index in [9.17, 15) is 4.79 Å². The van der Waals surface area contributed by atoms with E-state index in [0.717, 1.165) is 22.6 Å². The van der Waals surface area contributed by atoms with Gasteiger partial charge in [-0.1, -0.05) is 47.6 Å². The van der Waals surface area contributed by atoms with E-state index in [1.54, 1.807) is 13.2 Å². The Labute approximate surface area is 161 Å². The van der Waals surface area contributed by atoms with Crippen molar-refractivity contribution in [3.63, 3.8) is 0 Å². The van der Waals surface area contributed by atoms with E-state index in [1.807, 2.05) is 60.7 Å². The molecule has 0 aliphatic heterocycles. The number of hydrogen-bond donors (Lipinski definition) is 2. The van der Waals surface area contributed by atoms with Gasteiger partial charge in [0.05, 0.1) is 19.3 Å². The molecule has 2 aromatic carbocycles. The van der Waals surface area contributed by atoms with Gasteiger partial charge in [-0.3, -0.25) is 9.89 Å². The maximum absolute atomic E-state index is 12.4. The summed E-state index contributed by atoms with van der Waals surface area (Å²) in [5, 5.41) is 13.8. The molecule has 28 heavy (non-hydrogen) atoms. The minimum absolute atomic E-state index is 0.228. The van der Waals surface area contributed by atoms with Gasteiger partial charge in [-0.15, -0.1) is 0 Å². The topological polar surface area (TPSA) is 93.0 Å². The fourth-order valence-electron chi connectivity index (χ4n) is 2.77. The Bertz CT molecular complexity index is 1090. The van der Waals surface area contributed by atoms with E-state index in [1.165, 1.54) is 0 Å². The summed E-state index contributed by atoms with van der Waals surface area (Å²) in [6, 6.07) is 20.7. The molecule has 0 aliphatic carbocycles. The highest BCUT2D eigenvalue weighted by atomic mass is 16.5. The molecule has 140 valence electrons. The fraction of sp³-hybridized carbons (Fsp3) is 0.0952. The van der Waals surface area contributed by atoms with Crippen LogP contribution in [0.4, 0.5) is 0 Å². The van der Waals surface area contributed by atoms with Gasteiger partial charge >= 0.3 is 0 Å². The van der Waals surface area contributed by atoms with Crippen molar-refractivity contribution < 1.29 is 14.1 Å². The van der Waals surface area contributed by atoms with Gasteiger partial charge in [-0.25, -0.2) is 0 Å². The first-order valence-electron chi connectivity index (χ1n) is 8.72. The molecule has 0 unspecified atom stereocenters. The third-order valence-corrected chi connectivity index (χ3v) is 4.24. The van der Waals surface area contributed by atoms with Gasteiger partial charge in [-0.2, -0.15) is 5.10 Å². The average Bonchev–Trinajstić information content (AvgIpc) is 3.43. The SMILES string of the molecule is COc1cccc(-c2cc(C(=O)NCc3cc(-c4ccccc4)no3)[nH]n2)c1. The molecule has 0 atom stereocenters. The number of amides is 1. The summed E-state index contributed by atoms with van der Waals surface area (Å²) in [4.78, 5) is 12.4. The van der Waals surface area contributed by atoms with Crippen molar-refractivity contribution in [3.8, 4) is 28.3 Å². The van der Waals surface area contributed by atoms with Crippen molar-refractivity contribution in [1.82, 2.24) is 20.7 Å². The first-order chi connectivity index (χ1) is 13.7. The van der Waals surface area contributed by atoms with Crippen LogP contribution in [0.2, 0.25) is 0 Å². The van der Waals surface area contributed by atoms with Crippen molar-refractivity contribution in [2.75, 3.05) is 7.11 Å². The molecule has 2 N–H and O–H groups in total. The third kappa shape index (κ3) is 3.78. The molecular weight excluding hydrogens is 356 g/mol. The van der Waals surface area contributed by atoms with E-state index in [0.29, 0.717) is 17.1 Å². The van der Waals surface area contributed by atoms with Gasteiger partial charge in [0.25, 0.3) is 5.91 Å². The van der Waals surface area contributed by atoms with Crippen LogP contribution in [-0.4, -0.2) is 28.4 Å². The lowest BCUT2D eigenvalue weighted by Gasteiger charge is -2.01. The van der Waals surface area contributed by atoms with Crippen LogP contribution in [0, 0.1) is 0 Å². The molecule has 0 bridgehead atoms. The molecule has 7 nitrogen and oxygen atoms in total. The number of carbonyl (C=O) groups excluding carboxylic acids is 1. The van der Waals surface area contributed by atoms with Gasteiger partial charge in [0.15, 0.2) is 5.76 Å². The number of rotatable bonds is 6. The van der Waals surface area contributed by atoms with E-state index in [2.05, 4.69) is 20.7 Å². The summed E-state index contributed by atoms with van der Waals surface area (Å²) < 4.78 is 10.5. The maximum atomic E-state index is 12.4. The number of ether oxygens (including phenoxy) is 1. The Morgan fingerprint density at radius 3 is 2.68 bits per heavy atom. The van der Waals surface area contributed by atoms with Crippen LogP contribution in [0.3, 0.4) is 0 Å². The molecule has 0 fully saturated rings. The number of nitrogens with one attached hydrogen (secondary N) is 2. The van der Waals surface area contributed by atoms with Crippen LogP contribution in [-0.2, 0) is 6.54 Å². The largest absolute Gasteiger partial charge is 0.497 e. The third-order valence-electron chi connectivity index (χ3n) is 4.24. The predicted molar refractivity (Wildman–Crippen MR) is 104 cm³/mol. The number of hydrogen-bond acceptors (Lipinski definition) is 5. The Balaban J connectivity index is 1.41. The van der Waals surface area contributed by atoms with Crippen LogP contribution in [0.5, 0.6) is 5.75 Å². The summed E-state index contributed by atoms with van der Waals surface area (Å²) in [6.07, 6.45) is 0. The van der Waals surface area contributed by atoms with Crippen molar-refractivity contribution in [1.29, 1.82) is 0 Å². The highest BCUT2D eigenvalue weighted by Gasteiger charge is 2.13. The highest BCUT2D eigenvalue weighted by molar-refractivity contribution is 5.93. The summed E-state index contributed by atoms with van der Waals surface area (Å²) in [5.41, 5.74) is 3.57. The number of benzene rings is 2. The molecule has 0 saturated heterocycles. The van der Waals surface area contributed by atoms with Gasteiger partial charge in [0, 0.05) is 17.2 Å². The van der Waals surface area contributed by atoms with Gasteiger partial charge in [0.1, 0.15) is 17.1 Å². The fourth-order valence-corrected chi connectivity index (χ4v) is 2.77. The molecule has 0 spiro atoms. The van der Waals surface area contributed by atoms with Crippen molar-refractivity contribution in [3.05, 3.63) is 78.2 Å². The van der Waals surface area contributed by atoms with E-state index >= 15 is 0 Å². The molecule has 0 saturated carbocycles. The van der Waals surface area contributed by atoms with Crippen LogP contribution < -0.4 is 10.1 Å². The molecule has 7 heteroatoms. The zero-order valence-corrected chi connectivity index (χ0v) is 15.2. The van der Waals surface area contributed by atoms with Crippen LogP contribution in [0.15, 0.2) is 71.3 Å².